The average Bonchev–Trinajstić information content (AvgIpc) is 2.80. The highest BCUT2D eigenvalue weighted by atomic mass is 14.8. The number of pyridine rings is 1. The fourth-order valence-corrected chi connectivity index (χ4v) is 1.32. The summed E-state index contributed by atoms with van der Waals surface area (Å²) in [6.45, 7) is 0. The molecule has 3 rings (SSSR count). The predicted molar refractivity (Wildman–Crippen MR) is 62.5 cm³/mol. The normalized spacial score (nSPS) is 11.5. The Morgan fingerprint density at radius 1 is 0.867 bits per heavy atom. The Hall–Kier alpha value is -1.96. The second kappa shape index (κ2) is 5.05. The molecule has 0 saturated heterocycles. The molecule has 0 fully saturated rings. The molecule has 0 aliphatic carbocycles. The highest BCUT2D eigenvalue weighted by Gasteiger charge is 2.03. The molecule has 1 aliphatic heterocycles. The first-order valence-electron chi connectivity index (χ1n) is 4.93. The van der Waals surface area contributed by atoms with Gasteiger partial charge in [0.05, 0.1) is 11.4 Å². The molecule has 1 aliphatic rings. The van der Waals surface area contributed by atoms with Crippen LogP contribution in [-0.4, -0.2) is 11.2 Å². The highest BCUT2D eigenvalue weighted by Crippen LogP contribution is 2.19. The first-order chi connectivity index (χ1) is 7.47. The average molecular weight is 196 g/mol. The van der Waals surface area contributed by atoms with Crippen LogP contribution in [0, 0.1) is 0 Å². The fourth-order valence-electron chi connectivity index (χ4n) is 1.32. The minimum absolute atomic E-state index is 0.899. The van der Waals surface area contributed by atoms with Crippen molar-refractivity contribution in [3.8, 4) is 0 Å². The van der Waals surface area contributed by atoms with Gasteiger partial charge in [0.15, 0.2) is 0 Å². The first-order valence-corrected chi connectivity index (χ1v) is 4.93. The predicted octanol–water partition coefficient (Wildman–Crippen LogP) is 3.03. The Morgan fingerprint density at radius 2 is 1.53 bits per heavy atom. The Balaban J connectivity index is 0.000000124. The summed E-state index contributed by atoms with van der Waals surface area (Å²) in [5, 5.41) is 0. The summed E-state index contributed by atoms with van der Waals surface area (Å²) in [6, 6.07) is 15.9. The summed E-state index contributed by atoms with van der Waals surface area (Å²) < 4.78 is 0. The number of rotatable bonds is 0. The van der Waals surface area contributed by atoms with E-state index in [0.29, 0.717) is 0 Å². The van der Waals surface area contributed by atoms with Crippen molar-refractivity contribution < 1.29 is 0 Å². The standard InChI is InChI=1S/C7H6N2.C6H6/c1-2-6-7(8-4-1)3-5-9-6;1-2-4-6-5-3-1/h1-2,4-5H,3H2;1-6H. The van der Waals surface area contributed by atoms with Gasteiger partial charge < -0.3 is 0 Å². The molecule has 0 atom stereocenters. The maximum absolute atomic E-state index is 4.13. The van der Waals surface area contributed by atoms with E-state index in [4.69, 9.17) is 0 Å². The third kappa shape index (κ3) is 2.74. The lowest BCUT2D eigenvalue weighted by Crippen LogP contribution is -1.81. The second-order valence-electron chi connectivity index (χ2n) is 3.14. The van der Waals surface area contributed by atoms with Crippen LogP contribution in [0.25, 0.3) is 0 Å². The number of fused-ring (bicyclic) bond motifs is 1. The van der Waals surface area contributed by atoms with Crippen LogP contribution in [0.1, 0.15) is 5.69 Å². The van der Waals surface area contributed by atoms with Crippen molar-refractivity contribution in [1.29, 1.82) is 0 Å². The van der Waals surface area contributed by atoms with Gasteiger partial charge in [0.25, 0.3) is 0 Å². The van der Waals surface area contributed by atoms with Gasteiger partial charge in [-0.05, 0) is 12.1 Å². The van der Waals surface area contributed by atoms with E-state index in [-0.39, 0.29) is 0 Å². The third-order valence-corrected chi connectivity index (χ3v) is 2.05. The molecular formula is C13H12N2. The van der Waals surface area contributed by atoms with Crippen LogP contribution in [0.5, 0.6) is 0 Å². The van der Waals surface area contributed by atoms with Gasteiger partial charge >= 0.3 is 0 Å². The second-order valence-corrected chi connectivity index (χ2v) is 3.14. The molecule has 2 heterocycles. The molecule has 1 aromatic heterocycles. The van der Waals surface area contributed by atoms with Crippen LogP contribution in [-0.2, 0) is 6.42 Å². The van der Waals surface area contributed by atoms with E-state index in [9.17, 15) is 0 Å². The summed E-state index contributed by atoms with van der Waals surface area (Å²) in [5.74, 6) is 0. The molecule has 0 unspecified atom stereocenters. The minimum atomic E-state index is 0.899. The zero-order valence-corrected chi connectivity index (χ0v) is 8.38. The molecule has 2 nitrogen and oxygen atoms in total. The van der Waals surface area contributed by atoms with Gasteiger partial charge in [-0.3, -0.25) is 9.98 Å². The van der Waals surface area contributed by atoms with Crippen molar-refractivity contribution in [3.05, 3.63) is 60.4 Å². The maximum Gasteiger partial charge on any atom is 0.0844 e. The van der Waals surface area contributed by atoms with Gasteiger partial charge in [-0.25, -0.2) is 0 Å². The van der Waals surface area contributed by atoms with E-state index in [1.807, 2.05) is 54.7 Å². The fraction of sp³-hybridized carbons (Fsp3) is 0.0769. The number of nitrogens with zero attached hydrogens (tertiary/aromatic N) is 2. The van der Waals surface area contributed by atoms with Gasteiger partial charge in [0.2, 0.25) is 0 Å². The molecule has 15 heavy (non-hydrogen) atoms. The first kappa shape index (κ1) is 9.59. The monoisotopic (exact) mass is 196 g/mol. The van der Waals surface area contributed by atoms with E-state index in [2.05, 4.69) is 9.98 Å². The topological polar surface area (TPSA) is 25.2 Å². The number of hydrogen-bond donors (Lipinski definition) is 0. The van der Waals surface area contributed by atoms with Crippen molar-refractivity contribution in [1.82, 2.24) is 4.98 Å². The Morgan fingerprint density at radius 3 is 2.13 bits per heavy atom. The number of hydrogen-bond acceptors (Lipinski definition) is 2. The zero-order chi connectivity index (χ0) is 10.3. The van der Waals surface area contributed by atoms with E-state index in [0.717, 1.165) is 17.8 Å². The molecule has 0 saturated carbocycles. The summed E-state index contributed by atoms with van der Waals surface area (Å²) in [7, 11) is 0. The molecule has 2 heteroatoms. The van der Waals surface area contributed by atoms with Crippen molar-refractivity contribution in [2.24, 2.45) is 4.99 Å². The minimum Gasteiger partial charge on any atom is -0.259 e. The van der Waals surface area contributed by atoms with Crippen molar-refractivity contribution in [2.75, 3.05) is 0 Å². The largest absolute Gasteiger partial charge is 0.259 e. The van der Waals surface area contributed by atoms with Crippen LogP contribution in [0.2, 0.25) is 0 Å². The van der Waals surface area contributed by atoms with Gasteiger partial charge in [-0.2, -0.15) is 0 Å². The molecule has 0 amide bonds. The lowest BCUT2D eigenvalue weighted by Gasteiger charge is -1.90. The van der Waals surface area contributed by atoms with Crippen molar-refractivity contribution >= 4 is 11.9 Å². The lowest BCUT2D eigenvalue weighted by atomic mass is 10.3. The molecular weight excluding hydrogens is 184 g/mol. The molecule has 0 radical (unpaired) electrons. The third-order valence-electron chi connectivity index (χ3n) is 2.05. The lowest BCUT2D eigenvalue weighted by molar-refractivity contribution is 1.18. The van der Waals surface area contributed by atoms with Crippen LogP contribution < -0.4 is 0 Å². The Bertz CT molecular complexity index is 409. The van der Waals surface area contributed by atoms with Crippen LogP contribution in [0.15, 0.2) is 59.7 Å². The van der Waals surface area contributed by atoms with E-state index < -0.39 is 0 Å². The number of benzene rings is 1. The van der Waals surface area contributed by atoms with Crippen LogP contribution in [0.3, 0.4) is 0 Å². The Labute approximate surface area is 89.3 Å². The summed E-state index contributed by atoms with van der Waals surface area (Å²) in [6.07, 6.45) is 4.58. The van der Waals surface area contributed by atoms with Crippen LogP contribution in [0.4, 0.5) is 5.69 Å². The molecule has 1 aromatic carbocycles. The van der Waals surface area contributed by atoms with Gasteiger partial charge in [-0.1, -0.05) is 36.4 Å². The van der Waals surface area contributed by atoms with Gasteiger partial charge in [0.1, 0.15) is 0 Å². The zero-order valence-electron chi connectivity index (χ0n) is 8.38. The summed E-state index contributed by atoms with van der Waals surface area (Å²) >= 11 is 0. The smallest absolute Gasteiger partial charge is 0.0844 e. The maximum atomic E-state index is 4.13. The SMILES string of the molecule is C1=Nc2cccnc2C1.c1ccccc1. The molecule has 0 spiro atoms. The Kier molecular flexibility index (Phi) is 3.23. The van der Waals surface area contributed by atoms with E-state index in [1.54, 1.807) is 6.20 Å². The van der Waals surface area contributed by atoms with E-state index in [1.165, 1.54) is 0 Å². The summed E-state index contributed by atoms with van der Waals surface area (Å²) in [5.41, 5.74) is 2.12. The molecule has 2 aromatic rings. The van der Waals surface area contributed by atoms with Crippen molar-refractivity contribution in [3.63, 3.8) is 0 Å². The van der Waals surface area contributed by atoms with Gasteiger partial charge in [-0.15, -0.1) is 0 Å². The molecule has 74 valence electrons. The highest BCUT2D eigenvalue weighted by molar-refractivity contribution is 5.73. The van der Waals surface area contributed by atoms with E-state index >= 15 is 0 Å². The molecule has 0 bridgehead atoms. The number of aromatic nitrogens is 1. The van der Waals surface area contributed by atoms with Crippen molar-refractivity contribution in [2.45, 2.75) is 6.42 Å². The van der Waals surface area contributed by atoms with Crippen LogP contribution >= 0.6 is 0 Å². The van der Waals surface area contributed by atoms with Gasteiger partial charge in [0, 0.05) is 18.8 Å². The number of aliphatic imine (C=N–C) groups is 1. The molecule has 0 N–H and O–H groups in total. The summed E-state index contributed by atoms with van der Waals surface area (Å²) in [4.78, 5) is 8.25. The quantitative estimate of drug-likeness (QED) is 0.635.